The first-order valence-electron chi connectivity index (χ1n) is 19.5. The second kappa shape index (κ2) is 13.3. The molecule has 1 heterocycles. The SMILES string of the molecule is C1=CC2C(c3ccc(N(c4ccc(-c5ccccc5)cc4)c4cccc5c6ccccc6n(-c6ccccc6)c45)cc3)=Cc3ccc4ccccc4c3C2C=C1. The number of benzene rings is 8. The zero-order valence-electron chi connectivity index (χ0n) is 30.8. The Morgan fingerprint density at radius 2 is 1.04 bits per heavy atom. The summed E-state index contributed by atoms with van der Waals surface area (Å²) in [6, 6.07) is 68.6. The van der Waals surface area contributed by atoms with Crippen molar-refractivity contribution in [1.82, 2.24) is 4.57 Å². The van der Waals surface area contributed by atoms with Crippen molar-refractivity contribution in [1.29, 1.82) is 0 Å². The summed E-state index contributed by atoms with van der Waals surface area (Å²) in [6.45, 7) is 0. The van der Waals surface area contributed by atoms with Gasteiger partial charge in [0.2, 0.25) is 0 Å². The number of hydrogen-bond acceptors (Lipinski definition) is 1. The van der Waals surface area contributed by atoms with Crippen molar-refractivity contribution in [2.24, 2.45) is 5.92 Å². The molecule has 1 aromatic heterocycles. The van der Waals surface area contributed by atoms with Gasteiger partial charge in [0.1, 0.15) is 0 Å². The quantitative estimate of drug-likeness (QED) is 0.166. The van der Waals surface area contributed by atoms with E-state index in [4.69, 9.17) is 0 Å². The van der Waals surface area contributed by atoms with Gasteiger partial charge in [-0.3, -0.25) is 0 Å². The Hall–Kier alpha value is -7.16. The molecule has 0 fully saturated rings. The fourth-order valence-corrected chi connectivity index (χ4v) is 9.22. The lowest BCUT2D eigenvalue weighted by Crippen LogP contribution is -2.18. The molecule has 8 aromatic carbocycles. The summed E-state index contributed by atoms with van der Waals surface area (Å²) in [5.41, 5.74) is 14.6. The lowest BCUT2D eigenvalue weighted by Gasteiger charge is -2.34. The molecule has 0 N–H and O–H groups in total. The van der Waals surface area contributed by atoms with Gasteiger partial charge in [-0.2, -0.15) is 0 Å². The molecule has 264 valence electrons. The van der Waals surface area contributed by atoms with Crippen LogP contribution in [0.4, 0.5) is 17.1 Å². The Morgan fingerprint density at radius 3 is 1.80 bits per heavy atom. The van der Waals surface area contributed by atoms with Crippen molar-refractivity contribution in [3.05, 3.63) is 229 Å². The number of nitrogens with zero attached hydrogens (tertiary/aromatic N) is 2. The molecule has 0 saturated heterocycles. The highest BCUT2D eigenvalue weighted by Crippen LogP contribution is 2.49. The van der Waals surface area contributed by atoms with E-state index in [2.05, 4.69) is 228 Å². The van der Waals surface area contributed by atoms with E-state index in [0.717, 1.165) is 22.7 Å². The normalized spacial score (nSPS) is 15.8. The first-order valence-corrected chi connectivity index (χ1v) is 19.5. The Balaban J connectivity index is 1.09. The highest BCUT2D eigenvalue weighted by Gasteiger charge is 2.32. The molecule has 0 bridgehead atoms. The van der Waals surface area contributed by atoms with Crippen molar-refractivity contribution >= 4 is 61.3 Å². The number of hydrogen-bond donors (Lipinski definition) is 0. The molecule has 2 aliphatic carbocycles. The molecule has 0 radical (unpaired) electrons. The van der Waals surface area contributed by atoms with Gasteiger partial charge in [-0.1, -0.05) is 170 Å². The van der Waals surface area contributed by atoms with Crippen LogP contribution in [0.15, 0.2) is 212 Å². The number of anilines is 3. The van der Waals surface area contributed by atoms with Crippen LogP contribution in [0.3, 0.4) is 0 Å². The standard InChI is InChI=1S/C54H38N2/c1-3-14-37(15-4-1)38-28-32-43(33-29-38)55(52-25-13-23-49-47-21-11-12-24-51(47)56(54(49)52)42-17-5-2-6-18-42)44-34-30-40(31-35-44)50-36-41-27-26-39-16-7-8-19-45(39)53(41)48-22-10-9-20-46(48)50/h1-36,46,48H. The van der Waals surface area contributed by atoms with Crippen LogP contribution >= 0.6 is 0 Å². The topological polar surface area (TPSA) is 8.17 Å². The monoisotopic (exact) mass is 714 g/mol. The molecule has 0 amide bonds. The molecular formula is C54H38N2. The first-order chi connectivity index (χ1) is 27.8. The summed E-state index contributed by atoms with van der Waals surface area (Å²) in [5, 5.41) is 5.12. The molecule has 2 heteroatoms. The molecular weight excluding hydrogens is 677 g/mol. The zero-order valence-corrected chi connectivity index (χ0v) is 30.8. The predicted octanol–water partition coefficient (Wildman–Crippen LogP) is 14.5. The number of para-hydroxylation sites is 3. The van der Waals surface area contributed by atoms with Gasteiger partial charge in [-0.15, -0.1) is 0 Å². The molecule has 2 nitrogen and oxygen atoms in total. The lowest BCUT2D eigenvalue weighted by atomic mass is 9.70. The van der Waals surface area contributed by atoms with E-state index in [1.807, 2.05) is 0 Å². The maximum absolute atomic E-state index is 2.43. The average Bonchev–Trinajstić information content (AvgIpc) is 3.62. The number of aromatic nitrogens is 1. The molecule has 0 saturated carbocycles. The summed E-state index contributed by atoms with van der Waals surface area (Å²) >= 11 is 0. The number of fused-ring (bicyclic) bond motifs is 8. The van der Waals surface area contributed by atoms with Crippen LogP contribution in [-0.2, 0) is 0 Å². The second-order valence-electron chi connectivity index (χ2n) is 14.9. The van der Waals surface area contributed by atoms with Gasteiger partial charge in [0.15, 0.2) is 0 Å². The summed E-state index contributed by atoms with van der Waals surface area (Å²) in [5.74, 6) is 0.555. The van der Waals surface area contributed by atoms with Gasteiger partial charge in [-0.05, 0) is 92.7 Å². The predicted molar refractivity (Wildman–Crippen MR) is 237 cm³/mol. The summed E-state index contributed by atoms with van der Waals surface area (Å²) < 4.78 is 2.43. The van der Waals surface area contributed by atoms with E-state index < -0.39 is 0 Å². The fourth-order valence-electron chi connectivity index (χ4n) is 9.22. The molecule has 0 aliphatic heterocycles. The average molecular weight is 715 g/mol. The zero-order chi connectivity index (χ0) is 37.0. The first kappa shape index (κ1) is 32.3. The van der Waals surface area contributed by atoms with Crippen molar-refractivity contribution < 1.29 is 0 Å². The van der Waals surface area contributed by atoms with Crippen LogP contribution < -0.4 is 4.90 Å². The largest absolute Gasteiger partial charge is 0.308 e. The van der Waals surface area contributed by atoms with Gasteiger partial charge in [0.05, 0.1) is 16.7 Å². The molecule has 0 spiro atoms. The molecule has 2 aliphatic rings. The molecule has 9 aromatic rings. The minimum Gasteiger partial charge on any atom is -0.308 e. The van der Waals surface area contributed by atoms with Crippen molar-refractivity contribution in [3.8, 4) is 16.8 Å². The maximum atomic E-state index is 2.43. The molecule has 56 heavy (non-hydrogen) atoms. The summed E-state index contributed by atoms with van der Waals surface area (Å²) in [4.78, 5) is 2.43. The molecule has 2 atom stereocenters. The molecule has 2 unspecified atom stereocenters. The minimum absolute atomic E-state index is 0.265. The van der Waals surface area contributed by atoms with E-state index >= 15 is 0 Å². The summed E-state index contributed by atoms with van der Waals surface area (Å²) in [6.07, 6.45) is 11.6. The number of allylic oxidation sites excluding steroid dienone is 5. The second-order valence-corrected chi connectivity index (χ2v) is 14.9. The molecule has 11 rings (SSSR count). The van der Waals surface area contributed by atoms with Crippen molar-refractivity contribution in [2.45, 2.75) is 5.92 Å². The minimum atomic E-state index is 0.265. The van der Waals surface area contributed by atoms with E-state index in [-0.39, 0.29) is 11.8 Å². The van der Waals surface area contributed by atoms with E-state index in [9.17, 15) is 0 Å². The van der Waals surface area contributed by atoms with E-state index in [1.54, 1.807) is 0 Å². The van der Waals surface area contributed by atoms with Crippen LogP contribution in [0, 0.1) is 5.92 Å². The Labute approximate surface area is 327 Å². The van der Waals surface area contributed by atoms with E-state index in [1.165, 1.54) is 66.0 Å². The Morgan fingerprint density at radius 1 is 0.429 bits per heavy atom. The smallest absolute Gasteiger partial charge is 0.0782 e. The third-order valence-corrected chi connectivity index (χ3v) is 11.8. The lowest BCUT2D eigenvalue weighted by molar-refractivity contribution is 0.714. The maximum Gasteiger partial charge on any atom is 0.0782 e. The van der Waals surface area contributed by atoms with Crippen LogP contribution in [0.25, 0.3) is 61.0 Å². The third kappa shape index (κ3) is 5.26. The highest BCUT2D eigenvalue weighted by atomic mass is 15.2. The third-order valence-electron chi connectivity index (χ3n) is 11.8. The number of rotatable bonds is 6. The highest BCUT2D eigenvalue weighted by molar-refractivity contribution is 6.14. The van der Waals surface area contributed by atoms with Gasteiger partial charge in [-0.25, -0.2) is 0 Å². The van der Waals surface area contributed by atoms with Crippen LogP contribution in [0.1, 0.15) is 22.6 Å². The van der Waals surface area contributed by atoms with Crippen molar-refractivity contribution in [2.75, 3.05) is 4.90 Å². The van der Waals surface area contributed by atoms with Crippen LogP contribution in [-0.4, -0.2) is 4.57 Å². The van der Waals surface area contributed by atoms with Gasteiger partial charge < -0.3 is 9.47 Å². The van der Waals surface area contributed by atoms with Crippen LogP contribution in [0.5, 0.6) is 0 Å². The van der Waals surface area contributed by atoms with E-state index in [0.29, 0.717) is 0 Å². The fraction of sp³-hybridized carbons (Fsp3) is 0.0370. The van der Waals surface area contributed by atoms with Gasteiger partial charge >= 0.3 is 0 Å². The van der Waals surface area contributed by atoms with Gasteiger partial charge in [0, 0.05) is 39.7 Å². The van der Waals surface area contributed by atoms with Crippen molar-refractivity contribution in [3.63, 3.8) is 0 Å². The van der Waals surface area contributed by atoms with Gasteiger partial charge in [0.25, 0.3) is 0 Å². The Bertz CT molecular complexity index is 3000. The Kier molecular flexibility index (Phi) is 7.67. The summed E-state index contributed by atoms with van der Waals surface area (Å²) in [7, 11) is 0. The van der Waals surface area contributed by atoms with Crippen LogP contribution in [0.2, 0.25) is 0 Å².